The SMILES string of the molecule is C=C(C)C(=O)OCC(O)CNC(C)(C)C. The number of aliphatic hydroxyl groups excluding tert-OH is 1. The minimum Gasteiger partial charge on any atom is -0.460 e. The Kier molecular flexibility index (Phi) is 5.54. The van der Waals surface area contributed by atoms with Crippen LogP contribution in [0.15, 0.2) is 12.2 Å². The second kappa shape index (κ2) is 5.88. The molecule has 0 radical (unpaired) electrons. The van der Waals surface area contributed by atoms with Crippen molar-refractivity contribution in [3.63, 3.8) is 0 Å². The monoisotopic (exact) mass is 215 g/mol. The van der Waals surface area contributed by atoms with Crippen LogP contribution >= 0.6 is 0 Å². The van der Waals surface area contributed by atoms with Crippen LogP contribution in [0.1, 0.15) is 27.7 Å². The van der Waals surface area contributed by atoms with Crippen LogP contribution in [0.4, 0.5) is 0 Å². The van der Waals surface area contributed by atoms with Gasteiger partial charge < -0.3 is 15.2 Å². The number of β-amino-alcohol motifs (C(OH)–C–C–N with tert-alkyl or cyclic N) is 1. The number of nitrogens with one attached hydrogen (secondary N) is 1. The van der Waals surface area contributed by atoms with Gasteiger partial charge in [0.05, 0.1) is 0 Å². The van der Waals surface area contributed by atoms with Crippen molar-refractivity contribution in [3.8, 4) is 0 Å². The van der Waals surface area contributed by atoms with Gasteiger partial charge in [0.1, 0.15) is 12.7 Å². The number of carbonyl (C=O) groups is 1. The summed E-state index contributed by atoms with van der Waals surface area (Å²) < 4.78 is 4.80. The van der Waals surface area contributed by atoms with E-state index in [1.165, 1.54) is 0 Å². The molecule has 0 aromatic rings. The van der Waals surface area contributed by atoms with E-state index in [1.807, 2.05) is 20.8 Å². The normalized spacial score (nSPS) is 13.4. The molecule has 0 aliphatic carbocycles. The molecule has 1 unspecified atom stereocenters. The highest BCUT2D eigenvalue weighted by molar-refractivity contribution is 5.86. The zero-order valence-corrected chi connectivity index (χ0v) is 9.96. The Hall–Kier alpha value is -0.870. The first-order valence-electron chi connectivity index (χ1n) is 4.98. The molecule has 0 bridgehead atoms. The number of carbonyl (C=O) groups excluding carboxylic acids is 1. The highest BCUT2D eigenvalue weighted by atomic mass is 16.5. The van der Waals surface area contributed by atoms with Gasteiger partial charge in [0.25, 0.3) is 0 Å². The standard InChI is InChI=1S/C11H21NO3/c1-8(2)10(14)15-7-9(13)6-12-11(3,4)5/h9,12-13H,1,6-7H2,2-5H3. The van der Waals surface area contributed by atoms with Crippen LogP contribution in [0.25, 0.3) is 0 Å². The van der Waals surface area contributed by atoms with E-state index < -0.39 is 12.1 Å². The van der Waals surface area contributed by atoms with Gasteiger partial charge in [-0.25, -0.2) is 4.79 Å². The Bertz CT molecular complexity index is 230. The highest BCUT2D eigenvalue weighted by Gasteiger charge is 2.13. The predicted molar refractivity (Wildman–Crippen MR) is 59.5 cm³/mol. The van der Waals surface area contributed by atoms with E-state index in [2.05, 4.69) is 11.9 Å². The van der Waals surface area contributed by atoms with Crippen LogP contribution in [0.3, 0.4) is 0 Å². The molecule has 4 nitrogen and oxygen atoms in total. The maximum absolute atomic E-state index is 11.0. The summed E-state index contributed by atoms with van der Waals surface area (Å²) in [5.74, 6) is -0.468. The molecule has 2 N–H and O–H groups in total. The van der Waals surface area contributed by atoms with Gasteiger partial charge in [-0.2, -0.15) is 0 Å². The predicted octanol–water partition coefficient (Wildman–Crippen LogP) is 0.855. The zero-order valence-electron chi connectivity index (χ0n) is 9.96. The van der Waals surface area contributed by atoms with Crippen LogP contribution < -0.4 is 5.32 Å². The van der Waals surface area contributed by atoms with E-state index in [4.69, 9.17) is 4.74 Å². The van der Waals surface area contributed by atoms with Crippen LogP contribution in [0, 0.1) is 0 Å². The largest absolute Gasteiger partial charge is 0.460 e. The molecule has 0 saturated heterocycles. The number of ether oxygens (including phenoxy) is 1. The second-order valence-electron chi connectivity index (χ2n) is 4.66. The molecular formula is C11H21NO3. The Morgan fingerprint density at radius 3 is 2.47 bits per heavy atom. The average Bonchev–Trinajstić information content (AvgIpc) is 2.09. The lowest BCUT2D eigenvalue weighted by atomic mass is 10.1. The summed E-state index contributed by atoms with van der Waals surface area (Å²) in [6.07, 6.45) is -0.687. The van der Waals surface area contributed by atoms with Gasteiger partial charge in [0.15, 0.2) is 0 Å². The Morgan fingerprint density at radius 1 is 1.53 bits per heavy atom. The molecule has 88 valence electrons. The minimum absolute atomic E-state index is 0.00519. The summed E-state index contributed by atoms with van der Waals surface area (Å²) >= 11 is 0. The molecule has 0 aromatic heterocycles. The van der Waals surface area contributed by atoms with Gasteiger partial charge >= 0.3 is 5.97 Å². The van der Waals surface area contributed by atoms with E-state index in [-0.39, 0.29) is 12.1 Å². The fraction of sp³-hybridized carbons (Fsp3) is 0.727. The number of hydrogen-bond donors (Lipinski definition) is 2. The summed E-state index contributed by atoms with van der Waals surface area (Å²) in [5.41, 5.74) is 0.283. The highest BCUT2D eigenvalue weighted by Crippen LogP contribution is 1.99. The number of hydrogen-bond acceptors (Lipinski definition) is 4. The summed E-state index contributed by atoms with van der Waals surface area (Å²) in [6.45, 7) is 11.4. The summed E-state index contributed by atoms with van der Waals surface area (Å²) in [5, 5.41) is 12.6. The van der Waals surface area contributed by atoms with Crippen LogP contribution in [0.2, 0.25) is 0 Å². The van der Waals surface area contributed by atoms with Gasteiger partial charge in [-0.15, -0.1) is 0 Å². The van der Waals surface area contributed by atoms with Crippen molar-refractivity contribution in [1.82, 2.24) is 5.32 Å². The van der Waals surface area contributed by atoms with Crippen molar-refractivity contribution in [2.75, 3.05) is 13.2 Å². The van der Waals surface area contributed by atoms with Gasteiger partial charge in [0, 0.05) is 17.7 Å². The number of aliphatic hydroxyl groups is 1. The van der Waals surface area contributed by atoms with Crippen molar-refractivity contribution >= 4 is 5.97 Å². The Morgan fingerprint density at radius 2 is 2.07 bits per heavy atom. The lowest BCUT2D eigenvalue weighted by Crippen LogP contribution is -2.42. The Labute approximate surface area is 91.3 Å². The smallest absolute Gasteiger partial charge is 0.333 e. The molecule has 0 aromatic carbocycles. The summed E-state index contributed by atoms with van der Waals surface area (Å²) in [7, 11) is 0. The van der Waals surface area contributed by atoms with Crippen molar-refractivity contribution in [2.45, 2.75) is 39.3 Å². The first-order chi connectivity index (χ1) is 6.72. The topological polar surface area (TPSA) is 58.6 Å². The molecule has 0 aliphatic rings. The third-order valence-electron chi connectivity index (χ3n) is 1.62. The third-order valence-corrected chi connectivity index (χ3v) is 1.62. The lowest BCUT2D eigenvalue weighted by molar-refractivity contribution is -0.141. The third kappa shape index (κ3) is 8.15. The van der Waals surface area contributed by atoms with Gasteiger partial charge in [-0.3, -0.25) is 0 Å². The van der Waals surface area contributed by atoms with Crippen LogP contribution in [-0.4, -0.2) is 35.9 Å². The van der Waals surface area contributed by atoms with E-state index in [9.17, 15) is 9.90 Å². The van der Waals surface area contributed by atoms with Crippen molar-refractivity contribution in [2.24, 2.45) is 0 Å². The van der Waals surface area contributed by atoms with Crippen molar-refractivity contribution < 1.29 is 14.6 Å². The van der Waals surface area contributed by atoms with Gasteiger partial charge in [-0.05, 0) is 27.7 Å². The fourth-order valence-corrected chi connectivity index (χ4v) is 0.778. The first-order valence-corrected chi connectivity index (χ1v) is 4.98. The molecular weight excluding hydrogens is 194 g/mol. The molecule has 0 fully saturated rings. The molecule has 0 aliphatic heterocycles. The molecule has 15 heavy (non-hydrogen) atoms. The molecule has 0 spiro atoms. The molecule has 0 saturated carbocycles. The van der Waals surface area contributed by atoms with E-state index >= 15 is 0 Å². The molecule has 0 amide bonds. The van der Waals surface area contributed by atoms with Crippen LogP contribution in [-0.2, 0) is 9.53 Å². The average molecular weight is 215 g/mol. The number of esters is 1. The second-order valence-corrected chi connectivity index (χ2v) is 4.66. The van der Waals surface area contributed by atoms with E-state index in [1.54, 1.807) is 6.92 Å². The Balaban J connectivity index is 3.71. The van der Waals surface area contributed by atoms with Crippen molar-refractivity contribution in [1.29, 1.82) is 0 Å². The quantitative estimate of drug-likeness (QED) is 0.527. The molecule has 4 heteroatoms. The maximum atomic E-state index is 11.0. The summed E-state index contributed by atoms with van der Waals surface area (Å²) in [4.78, 5) is 11.0. The fourth-order valence-electron chi connectivity index (χ4n) is 0.778. The maximum Gasteiger partial charge on any atom is 0.333 e. The molecule has 0 rings (SSSR count). The minimum atomic E-state index is -0.687. The lowest BCUT2D eigenvalue weighted by Gasteiger charge is -2.22. The van der Waals surface area contributed by atoms with Crippen LogP contribution in [0.5, 0.6) is 0 Å². The zero-order chi connectivity index (χ0) is 12.1. The summed E-state index contributed by atoms with van der Waals surface area (Å²) in [6, 6.07) is 0. The van der Waals surface area contributed by atoms with Gasteiger partial charge in [-0.1, -0.05) is 6.58 Å². The van der Waals surface area contributed by atoms with E-state index in [0.29, 0.717) is 12.1 Å². The number of rotatable bonds is 5. The first kappa shape index (κ1) is 14.1. The molecule has 0 heterocycles. The van der Waals surface area contributed by atoms with E-state index in [0.717, 1.165) is 0 Å². The van der Waals surface area contributed by atoms with Gasteiger partial charge in [0.2, 0.25) is 0 Å². The molecule has 1 atom stereocenters. The van der Waals surface area contributed by atoms with Crippen molar-refractivity contribution in [3.05, 3.63) is 12.2 Å².